The molecule has 0 amide bonds. The van der Waals surface area contributed by atoms with E-state index in [4.69, 9.17) is 0 Å². The lowest BCUT2D eigenvalue weighted by molar-refractivity contribution is 0.752. The van der Waals surface area contributed by atoms with Crippen LogP contribution in [0.25, 0.3) is 87.7 Å². The largest absolute Gasteiger partial charge is 0.310 e. The third-order valence-electron chi connectivity index (χ3n) is 19.6. The number of anilines is 9. The first-order valence-corrected chi connectivity index (χ1v) is 31.7. The van der Waals surface area contributed by atoms with Crippen LogP contribution in [0.3, 0.4) is 0 Å². The molecule has 0 unspecified atom stereocenters. The van der Waals surface area contributed by atoms with Crippen molar-refractivity contribution in [2.45, 2.75) is 5.41 Å². The summed E-state index contributed by atoms with van der Waals surface area (Å²) in [6, 6.07) is 128. The zero-order valence-electron chi connectivity index (χ0n) is 50.1. The number of para-hydroxylation sites is 7. The minimum Gasteiger partial charge on any atom is -0.310 e. The van der Waals surface area contributed by atoms with Gasteiger partial charge in [0.15, 0.2) is 0 Å². The molecular formula is C87H57N5. The maximum absolute atomic E-state index is 2.52. The summed E-state index contributed by atoms with van der Waals surface area (Å²) in [4.78, 5) is 7.41. The van der Waals surface area contributed by atoms with Gasteiger partial charge < -0.3 is 23.8 Å². The third-order valence-corrected chi connectivity index (χ3v) is 19.6. The molecule has 5 heteroatoms. The Kier molecular flexibility index (Phi) is 11.5. The molecule has 15 aromatic carbocycles. The summed E-state index contributed by atoms with van der Waals surface area (Å²) in [6.07, 6.45) is 0. The van der Waals surface area contributed by atoms with Crippen LogP contribution in [-0.4, -0.2) is 9.13 Å². The highest BCUT2D eigenvalue weighted by Gasteiger charge is 2.52. The molecule has 0 bridgehead atoms. The number of fused-ring (bicyclic) bond motifs is 19. The van der Waals surface area contributed by atoms with E-state index in [0.29, 0.717) is 0 Å². The van der Waals surface area contributed by atoms with E-state index < -0.39 is 5.41 Å². The van der Waals surface area contributed by atoms with Crippen LogP contribution in [0.15, 0.2) is 346 Å². The van der Waals surface area contributed by atoms with Crippen LogP contribution in [0.2, 0.25) is 0 Å². The van der Waals surface area contributed by atoms with E-state index >= 15 is 0 Å². The molecule has 1 aliphatic carbocycles. The van der Waals surface area contributed by atoms with Crippen LogP contribution in [0.4, 0.5) is 51.2 Å². The minimum atomic E-state index is -0.790. The van der Waals surface area contributed by atoms with Gasteiger partial charge >= 0.3 is 0 Å². The van der Waals surface area contributed by atoms with Gasteiger partial charge in [-0.05, 0) is 178 Å². The quantitative estimate of drug-likeness (QED) is 0.144. The van der Waals surface area contributed by atoms with Crippen molar-refractivity contribution in [1.82, 2.24) is 9.13 Å². The number of nitrogens with zero attached hydrogens (tertiary/aromatic N) is 5. The van der Waals surface area contributed by atoms with E-state index in [2.05, 4.69) is 370 Å². The minimum absolute atomic E-state index is 0.790. The fourth-order valence-electron chi connectivity index (χ4n) is 15.8. The fourth-order valence-corrected chi connectivity index (χ4v) is 15.8. The molecule has 430 valence electrons. The zero-order chi connectivity index (χ0) is 60.4. The molecule has 5 nitrogen and oxygen atoms in total. The summed E-state index contributed by atoms with van der Waals surface area (Å²) < 4.78 is 4.91. The highest BCUT2D eigenvalue weighted by molar-refractivity contribution is 6.21. The molecule has 17 aromatic rings. The van der Waals surface area contributed by atoms with Gasteiger partial charge in [-0.1, -0.05) is 212 Å². The van der Waals surface area contributed by atoms with Gasteiger partial charge in [0.05, 0.1) is 38.9 Å². The van der Waals surface area contributed by atoms with Crippen molar-refractivity contribution < 1.29 is 0 Å². The number of hydrogen-bond donors (Lipinski definition) is 0. The van der Waals surface area contributed by atoms with Crippen molar-refractivity contribution in [3.63, 3.8) is 0 Å². The molecule has 3 heterocycles. The topological polar surface area (TPSA) is 19.6 Å². The summed E-state index contributed by atoms with van der Waals surface area (Å²) in [5.74, 6) is 0. The molecule has 1 aliphatic heterocycles. The molecule has 0 saturated heterocycles. The lowest BCUT2D eigenvalue weighted by Gasteiger charge is -2.45. The zero-order valence-corrected chi connectivity index (χ0v) is 50.1. The molecule has 0 N–H and O–H groups in total. The van der Waals surface area contributed by atoms with Gasteiger partial charge in [0.25, 0.3) is 0 Å². The second kappa shape index (κ2) is 20.4. The van der Waals surface area contributed by atoms with Gasteiger partial charge in [-0.25, -0.2) is 0 Å². The number of aromatic nitrogens is 2. The lowest BCUT2D eigenvalue weighted by Crippen LogP contribution is -2.36. The van der Waals surface area contributed by atoms with Crippen LogP contribution in [0.5, 0.6) is 0 Å². The van der Waals surface area contributed by atoms with Crippen LogP contribution in [0.1, 0.15) is 22.3 Å². The standard InChI is InChI=1S/C87H57N5/c1-6-26-60(27-7-1)88(65-46-52-81-75(54-65)73-48-42-58-24-16-18-36-69(58)85(73)91(81)63-32-12-4-13-33-63)67-44-50-71-72-51-45-68(57-80(72)87(79(71)56-67)77-38-20-22-40-83(77)90(62-30-10-3-11-31-62)84-41-23-21-39-78(84)87)89(61-28-8-2-9-29-61)66-47-53-82-76(55-66)74-49-43-59-25-17-19-37-70(59)86(74)92(82)64-34-14-5-15-35-64/h1-57H. The Morgan fingerprint density at radius 3 is 1.03 bits per heavy atom. The summed E-state index contributed by atoms with van der Waals surface area (Å²) in [5, 5.41) is 9.71. The summed E-state index contributed by atoms with van der Waals surface area (Å²) in [7, 11) is 0. The van der Waals surface area contributed by atoms with Crippen LogP contribution in [0, 0.1) is 0 Å². The van der Waals surface area contributed by atoms with Gasteiger partial charge in [-0.15, -0.1) is 0 Å². The van der Waals surface area contributed by atoms with Gasteiger partial charge in [-0.2, -0.15) is 0 Å². The van der Waals surface area contributed by atoms with Crippen molar-refractivity contribution in [2.24, 2.45) is 0 Å². The maximum atomic E-state index is 2.52. The normalized spacial score (nSPS) is 12.8. The Labute approximate surface area is 533 Å². The molecule has 0 fully saturated rings. The number of hydrogen-bond acceptors (Lipinski definition) is 3. The first kappa shape index (κ1) is 51.8. The lowest BCUT2D eigenvalue weighted by atomic mass is 9.64. The second-order valence-corrected chi connectivity index (χ2v) is 24.4. The first-order chi connectivity index (χ1) is 45.7. The molecule has 0 saturated carbocycles. The average molecular weight is 1170 g/mol. The molecule has 92 heavy (non-hydrogen) atoms. The molecule has 2 aliphatic rings. The number of benzene rings is 15. The highest BCUT2D eigenvalue weighted by Crippen LogP contribution is 2.65. The number of rotatable bonds is 9. The van der Waals surface area contributed by atoms with Gasteiger partial charge in [-0.3, -0.25) is 0 Å². The molecule has 19 rings (SSSR count). The van der Waals surface area contributed by atoms with E-state index in [-0.39, 0.29) is 0 Å². The van der Waals surface area contributed by atoms with Crippen LogP contribution >= 0.6 is 0 Å². The SMILES string of the molecule is c1ccc(N(c2ccc3c(c2)C2(c4cc(N(c5ccccc5)c5ccc6c(c5)c5ccc7ccccc7c5n6-c5ccccc5)ccc4-3)c3ccccc3N(c3ccccc3)c3ccccc32)c2ccc3c(c2)c2ccc4ccccc4c2n3-c2ccccc2)cc1. The Bertz CT molecular complexity index is 5440. The van der Waals surface area contributed by atoms with Crippen molar-refractivity contribution in [3.8, 4) is 22.5 Å². The van der Waals surface area contributed by atoms with Crippen molar-refractivity contribution in [1.29, 1.82) is 0 Å². The Morgan fingerprint density at radius 1 is 0.228 bits per heavy atom. The summed E-state index contributed by atoms with van der Waals surface area (Å²) in [6.45, 7) is 0. The van der Waals surface area contributed by atoms with Crippen molar-refractivity contribution in [2.75, 3.05) is 14.7 Å². The van der Waals surface area contributed by atoms with E-state index in [1.807, 2.05) is 0 Å². The fraction of sp³-hybridized carbons (Fsp3) is 0.0115. The van der Waals surface area contributed by atoms with E-state index in [9.17, 15) is 0 Å². The third kappa shape index (κ3) is 7.60. The Balaban J connectivity index is 0.854. The van der Waals surface area contributed by atoms with E-state index in [1.54, 1.807) is 0 Å². The van der Waals surface area contributed by atoms with E-state index in [1.165, 1.54) is 87.5 Å². The Hall–Kier alpha value is -12.2. The van der Waals surface area contributed by atoms with Crippen LogP contribution in [-0.2, 0) is 5.41 Å². The van der Waals surface area contributed by atoms with E-state index in [0.717, 1.165) is 73.6 Å². The van der Waals surface area contributed by atoms with Crippen LogP contribution < -0.4 is 14.7 Å². The van der Waals surface area contributed by atoms with Crippen molar-refractivity contribution in [3.05, 3.63) is 368 Å². The molecule has 0 atom stereocenters. The predicted molar refractivity (Wildman–Crippen MR) is 385 cm³/mol. The highest BCUT2D eigenvalue weighted by atomic mass is 15.2. The smallest absolute Gasteiger partial charge is 0.0755 e. The molecular weight excluding hydrogens is 1110 g/mol. The monoisotopic (exact) mass is 1170 g/mol. The first-order valence-electron chi connectivity index (χ1n) is 31.7. The molecule has 1 spiro atoms. The maximum Gasteiger partial charge on any atom is 0.0755 e. The second-order valence-electron chi connectivity index (χ2n) is 24.4. The van der Waals surface area contributed by atoms with Gasteiger partial charge in [0.2, 0.25) is 0 Å². The summed E-state index contributed by atoms with van der Waals surface area (Å²) in [5.41, 5.74) is 23.4. The molecule has 2 aromatic heterocycles. The van der Waals surface area contributed by atoms with Gasteiger partial charge in [0.1, 0.15) is 0 Å². The van der Waals surface area contributed by atoms with Gasteiger partial charge in [0, 0.05) is 83.5 Å². The summed E-state index contributed by atoms with van der Waals surface area (Å²) >= 11 is 0. The average Bonchev–Trinajstić information content (AvgIpc) is 1.42. The predicted octanol–water partition coefficient (Wildman–Crippen LogP) is 23.3. The van der Waals surface area contributed by atoms with Crippen molar-refractivity contribution >= 4 is 116 Å². The Morgan fingerprint density at radius 2 is 0.587 bits per heavy atom. The molecule has 0 radical (unpaired) electrons.